The number of nitrogens with zero attached hydrogens (tertiary/aromatic N) is 2. The summed E-state index contributed by atoms with van der Waals surface area (Å²) in [4.78, 5) is 12.0. The Hall–Kier alpha value is -0.880. The Labute approximate surface area is 115 Å². The molecule has 0 saturated heterocycles. The van der Waals surface area contributed by atoms with E-state index in [1.54, 1.807) is 6.20 Å². The Morgan fingerprint density at radius 3 is 2.94 bits per heavy atom. The molecule has 1 heterocycles. The third-order valence-corrected chi connectivity index (χ3v) is 3.44. The van der Waals surface area contributed by atoms with Crippen LogP contribution in [0.1, 0.15) is 33.1 Å². The lowest BCUT2D eigenvalue weighted by Gasteiger charge is -2.15. The molecule has 0 aliphatic rings. The standard InChI is InChI=1S/C12H20BrN3O2/c1-3-4-6-16-12(18)11(13)10(8-14-16)15-9(2)5-7-17/h8-9,15,17H,3-7H2,1-2H3. The van der Waals surface area contributed by atoms with Crippen LogP contribution in [0.25, 0.3) is 0 Å². The smallest absolute Gasteiger partial charge is 0.283 e. The molecule has 0 saturated carbocycles. The van der Waals surface area contributed by atoms with Gasteiger partial charge in [0, 0.05) is 19.2 Å². The first-order valence-electron chi connectivity index (χ1n) is 6.23. The number of aliphatic hydroxyl groups is 1. The number of rotatable bonds is 7. The van der Waals surface area contributed by atoms with Gasteiger partial charge in [0.05, 0.1) is 11.9 Å². The Morgan fingerprint density at radius 1 is 1.61 bits per heavy atom. The quantitative estimate of drug-likeness (QED) is 0.807. The summed E-state index contributed by atoms with van der Waals surface area (Å²) in [7, 11) is 0. The van der Waals surface area contributed by atoms with E-state index in [-0.39, 0.29) is 18.2 Å². The maximum absolute atomic E-state index is 12.0. The molecule has 1 unspecified atom stereocenters. The molecule has 5 nitrogen and oxygen atoms in total. The van der Waals surface area contributed by atoms with Gasteiger partial charge in [0.15, 0.2) is 0 Å². The third-order valence-electron chi connectivity index (χ3n) is 2.67. The third kappa shape index (κ3) is 4.10. The number of nitrogens with one attached hydrogen (secondary N) is 1. The molecule has 0 fully saturated rings. The highest BCUT2D eigenvalue weighted by Gasteiger charge is 2.10. The second-order valence-corrected chi connectivity index (χ2v) is 5.10. The van der Waals surface area contributed by atoms with Crippen molar-refractivity contribution >= 4 is 21.6 Å². The van der Waals surface area contributed by atoms with Gasteiger partial charge in [-0.1, -0.05) is 13.3 Å². The van der Waals surface area contributed by atoms with Crippen molar-refractivity contribution < 1.29 is 5.11 Å². The number of aromatic nitrogens is 2. The highest BCUT2D eigenvalue weighted by Crippen LogP contribution is 2.17. The second kappa shape index (κ2) is 7.53. The molecule has 0 aliphatic carbocycles. The minimum Gasteiger partial charge on any atom is -0.396 e. The summed E-state index contributed by atoms with van der Waals surface area (Å²) in [5.41, 5.74) is 0.554. The zero-order valence-corrected chi connectivity index (χ0v) is 12.4. The number of aryl methyl sites for hydroxylation is 1. The van der Waals surface area contributed by atoms with Crippen LogP contribution in [0.5, 0.6) is 0 Å². The molecule has 0 amide bonds. The minimum absolute atomic E-state index is 0.0963. The Bertz CT molecular complexity index is 434. The predicted octanol–water partition coefficient (Wildman–Crippen LogP) is 1.99. The lowest BCUT2D eigenvalue weighted by Crippen LogP contribution is -2.26. The summed E-state index contributed by atoms with van der Waals surface area (Å²) < 4.78 is 1.97. The van der Waals surface area contributed by atoms with Crippen molar-refractivity contribution in [1.29, 1.82) is 0 Å². The van der Waals surface area contributed by atoms with Gasteiger partial charge in [-0.3, -0.25) is 4.79 Å². The Kier molecular flexibility index (Phi) is 6.35. The molecule has 1 atom stereocenters. The number of halogens is 1. The number of hydrogen-bond acceptors (Lipinski definition) is 4. The largest absolute Gasteiger partial charge is 0.396 e. The molecule has 2 N–H and O–H groups in total. The van der Waals surface area contributed by atoms with Gasteiger partial charge in [-0.25, -0.2) is 4.68 Å². The molecule has 0 aliphatic heterocycles. The van der Waals surface area contributed by atoms with Crippen LogP contribution in [-0.2, 0) is 6.54 Å². The fourth-order valence-electron chi connectivity index (χ4n) is 1.56. The number of aliphatic hydroxyl groups excluding tert-OH is 1. The zero-order chi connectivity index (χ0) is 13.5. The summed E-state index contributed by atoms with van der Waals surface area (Å²) in [5, 5.41) is 16.1. The average Bonchev–Trinajstić information content (AvgIpc) is 2.34. The molecule has 18 heavy (non-hydrogen) atoms. The van der Waals surface area contributed by atoms with Crippen molar-refractivity contribution in [1.82, 2.24) is 9.78 Å². The van der Waals surface area contributed by atoms with E-state index in [4.69, 9.17) is 5.11 Å². The highest BCUT2D eigenvalue weighted by molar-refractivity contribution is 9.10. The average molecular weight is 318 g/mol. The SMILES string of the molecule is CCCCn1ncc(NC(C)CCO)c(Br)c1=O. The van der Waals surface area contributed by atoms with E-state index in [0.717, 1.165) is 12.8 Å². The topological polar surface area (TPSA) is 67.2 Å². The fraction of sp³-hybridized carbons (Fsp3) is 0.667. The first-order chi connectivity index (χ1) is 8.60. The van der Waals surface area contributed by atoms with Gasteiger partial charge in [0.25, 0.3) is 5.56 Å². The summed E-state index contributed by atoms with van der Waals surface area (Å²) in [6, 6.07) is 0.0963. The predicted molar refractivity (Wildman–Crippen MR) is 75.9 cm³/mol. The van der Waals surface area contributed by atoms with Crippen LogP contribution >= 0.6 is 15.9 Å². The van der Waals surface area contributed by atoms with Crippen LogP contribution in [0.4, 0.5) is 5.69 Å². The van der Waals surface area contributed by atoms with Crippen molar-refractivity contribution in [2.24, 2.45) is 0 Å². The van der Waals surface area contributed by atoms with Gasteiger partial charge in [0.2, 0.25) is 0 Å². The van der Waals surface area contributed by atoms with E-state index in [1.807, 2.05) is 6.92 Å². The summed E-state index contributed by atoms with van der Waals surface area (Å²) >= 11 is 3.30. The van der Waals surface area contributed by atoms with Crippen molar-refractivity contribution in [3.05, 3.63) is 21.0 Å². The first-order valence-corrected chi connectivity index (χ1v) is 7.02. The first kappa shape index (κ1) is 15.2. The normalized spacial score (nSPS) is 12.4. The van der Waals surface area contributed by atoms with Crippen molar-refractivity contribution in [2.45, 2.75) is 45.7 Å². The van der Waals surface area contributed by atoms with Crippen LogP contribution in [0.2, 0.25) is 0 Å². The van der Waals surface area contributed by atoms with Crippen LogP contribution in [-0.4, -0.2) is 27.5 Å². The van der Waals surface area contributed by atoms with Crippen LogP contribution in [0.15, 0.2) is 15.5 Å². The molecule has 6 heteroatoms. The monoisotopic (exact) mass is 317 g/mol. The zero-order valence-electron chi connectivity index (χ0n) is 10.8. The number of unbranched alkanes of at least 4 members (excludes halogenated alkanes) is 1. The highest BCUT2D eigenvalue weighted by atomic mass is 79.9. The molecule has 1 aromatic rings. The van der Waals surface area contributed by atoms with Gasteiger partial charge in [0.1, 0.15) is 4.47 Å². The van der Waals surface area contributed by atoms with Gasteiger partial charge in [-0.2, -0.15) is 5.10 Å². The van der Waals surface area contributed by atoms with E-state index in [1.165, 1.54) is 4.68 Å². The fourth-order valence-corrected chi connectivity index (χ4v) is 1.99. The van der Waals surface area contributed by atoms with Gasteiger partial charge in [-0.05, 0) is 35.7 Å². The maximum atomic E-state index is 12.0. The van der Waals surface area contributed by atoms with E-state index < -0.39 is 0 Å². The lowest BCUT2D eigenvalue weighted by molar-refractivity contribution is 0.282. The minimum atomic E-state index is -0.121. The summed E-state index contributed by atoms with van der Waals surface area (Å²) in [6.45, 7) is 4.78. The molecule has 0 radical (unpaired) electrons. The maximum Gasteiger partial charge on any atom is 0.283 e. The van der Waals surface area contributed by atoms with Gasteiger partial charge in [-0.15, -0.1) is 0 Å². The summed E-state index contributed by atoms with van der Waals surface area (Å²) in [5.74, 6) is 0. The van der Waals surface area contributed by atoms with E-state index in [9.17, 15) is 4.79 Å². The number of hydrogen-bond donors (Lipinski definition) is 2. The van der Waals surface area contributed by atoms with Crippen molar-refractivity contribution in [3.63, 3.8) is 0 Å². The molecular weight excluding hydrogens is 298 g/mol. The van der Waals surface area contributed by atoms with E-state index >= 15 is 0 Å². The van der Waals surface area contributed by atoms with Crippen molar-refractivity contribution in [3.8, 4) is 0 Å². The molecule has 0 bridgehead atoms. The Balaban J connectivity index is 2.83. The van der Waals surface area contributed by atoms with E-state index in [0.29, 0.717) is 23.1 Å². The lowest BCUT2D eigenvalue weighted by atomic mass is 10.2. The van der Waals surface area contributed by atoms with Crippen LogP contribution in [0, 0.1) is 0 Å². The second-order valence-electron chi connectivity index (χ2n) is 4.31. The Morgan fingerprint density at radius 2 is 2.33 bits per heavy atom. The molecule has 0 aromatic carbocycles. The molecule has 102 valence electrons. The van der Waals surface area contributed by atoms with Crippen LogP contribution in [0.3, 0.4) is 0 Å². The molecule has 1 aromatic heterocycles. The van der Waals surface area contributed by atoms with E-state index in [2.05, 4.69) is 33.3 Å². The molecule has 1 rings (SSSR count). The molecule has 0 spiro atoms. The van der Waals surface area contributed by atoms with Gasteiger partial charge >= 0.3 is 0 Å². The van der Waals surface area contributed by atoms with Crippen LogP contribution < -0.4 is 10.9 Å². The molecular formula is C12H20BrN3O2. The van der Waals surface area contributed by atoms with Gasteiger partial charge < -0.3 is 10.4 Å². The number of anilines is 1. The van der Waals surface area contributed by atoms with Crippen molar-refractivity contribution in [2.75, 3.05) is 11.9 Å². The summed E-state index contributed by atoms with van der Waals surface area (Å²) in [6.07, 6.45) is 4.24.